The highest BCUT2D eigenvalue weighted by molar-refractivity contribution is 8.34. The number of hydrogen-bond acceptors (Lipinski definition) is 2. The molecule has 0 saturated carbocycles. The number of rotatable bonds is 7. The molecule has 0 saturated heterocycles. The topological polar surface area (TPSA) is 6.48 Å². The summed E-state index contributed by atoms with van der Waals surface area (Å²) in [7, 11) is -1.91. The van der Waals surface area contributed by atoms with Crippen LogP contribution in [0.15, 0.2) is 244 Å². The first-order valence-corrected chi connectivity index (χ1v) is 25.9. The molecule has 2 aliphatic heterocycles. The SMILES string of the molecule is CC.CC(C)(C)c1ccc(N2c3ccccc3B3c4ccccc4N(c4ccc(C(C)(C)C)cc4)c4cc(-c5cccc(S(c6ccccc6)(c6ccccc6)c6ccccc6)c5)cc2c43)cc1. The molecule has 2 nitrogen and oxygen atoms in total. The fourth-order valence-corrected chi connectivity index (χ4v) is 14.3. The minimum absolute atomic E-state index is 0.0384. The maximum atomic E-state index is 2.53. The van der Waals surface area contributed by atoms with E-state index in [1.807, 2.05) is 13.8 Å². The van der Waals surface area contributed by atoms with E-state index in [-0.39, 0.29) is 17.5 Å². The van der Waals surface area contributed by atoms with Crippen LogP contribution in [0.4, 0.5) is 34.1 Å². The summed E-state index contributed by atoms with van der Waals surface area (Å²) in [6.07, 6.45) is 0. The molecule has 68 heavy (non-hydrogen) atoms. The quantitative estimate of drug-likeness (QED) is 0.147. The Balaban J connectivity index is 0.00000266. The van der Waals surface area contributed by atoms with Crippen molar-refractivity contribution in [2.24, 2.45) is 0 Å². The number of anilines is 6. The fraction of sp³-hybridized carbons (Fsp3) is 0.156. The van der Waals surface area contributed by atoms with Crippen LogP contribution in [0.3, 0.4) is 0 Å². The second kappa shape index (κ2) is 17.9. The van der Waals surface area contributed by atoms with Crippen molar-refractivity contribution in [1.29, 1.82) is 0 Å². The molecular weight excluding hydrogens is 840 g/mol. The van der Waals surface area contributed by atoms with Crippen molar-refractivity contribution in [2.45, 2.75) is 85.8 Å². The summed E-state index contributed by atoms with van der Waals surface area (Å²) in [6, 6.07) is 84.7. The number of hydrogen-bond donors (Lipinski definition) is 0. The molecule has 0 radical (unpaired) electrons. The van der Waals surface area contributed by atoms with Crippen LogP contribution in [-0.4, -0.2) is 6.71 Å². The molecule has 0 N–H and O–H groups in total. The van der Waals surface area contributed by atoms with Crippen LogP contribution in [0.1, 0.15) is 66.5 Å². The van der Waals surface area contributed by atoms with Crippen LogP contribution < -0.4 is 26.2 Å². The van der Waals surface area contributed by atoms with Gasteiger partial charge in [-0.3, -0.25) is 0 Å². The molecule has 0 atom stereocenters. The molecule has 0 fully saturated rings. The Morgan fingerprint density at radius 2 is 0.706 bits per heavy atom. The van der Waals surface area contributed by atoms with Crippen molar-refractivity contribution in [3.8, 4) is 11.1 Å². The standard InChI is InChI=1S/C62H55BN2S.C2H6/c1-61(2,3)46-33-37-48(38-34-46)64-56-31-18-16-29-54(56)63-55-30-17-19-32-57(55)65(49-39-35-47(36-40-49)62(4,5)6)59-43-45(42-58(64)60(59)63)44-21-20-28-53(41-44)66(50-22-10-7-11-23-50,51-24-12-8-13-25-51)52-26-14-9-15-27-52;1-2/h7-43H,1-6H3;1-2H3. The molecule has 0 spiro atoms. The van der Waals surface area contributed by atoms with Gasteiger partial charge < -0.3 is 9.80 Å². The lowest BCUT2D eigenvalue weighted by Crippen LogP contribution is -2.61. The van der Waals surface area contributed by atoms with Crippen molar-refractivity contribution < 1.29 is 0 Å². The van der Waals surface area contributed by atoms with E-state index >= 15 is 0 Å². The highest BCUT2D eigenvalue weighted by Gasteiger charge is 2.44. The first-order chi connectivity index (χ1) is 33.0. The molecule has 9 aromatic rings. The van der Waals surface area contributed by atoms with Gasteiger partial charge in [-0.25, -0.2) is 0 Å². The molecule has 4 heteroatoms. The van der Waals surface area contributed by atoms with Crippen molar-refractivity contribution in [3.63, 3.8) is 0 Å². The van der Waals surface area contributed by atoms with Crippen LogP contribution in [0, 0.1) is 0 Å². The Kier molecular flexibility index (Phi) is 11.8. The van der Waals surface area contributed by atoms with E-state index in [0.29, 0.717) is 0 Å². The van der Waals surface area contributed by atoms with E-state index < -0.39 is 10.0 Å². The first-order valence-electron chi connectivity index (χ1n) is 24.3. The van der Waals surface area contributed by atoms with E-state index in [9.17, 15) is 0 Å². The summed E-state index contributed by atoms with van der Waals surface area (Å²) in [5, 5.41) is 0. The van der Waals surface area contributed by atoms with Gasteiger partial charge in [-0.2, -0.15) is 0 Å². The molecule has 0 amide bonds. The average molecular weight is 901 g/mol. The van der Waals surface area contributed by atoms with Gasteiger partial charge in [0.25, 0.3) is 6.71 Å². The van der Waals surface area contributed by atoms with Gasteiger partial charge in [0, 0.05) is 53.7 Å². The van der Waals surface area contributed by atoms with Gasteiger partial charge in [-0.1, -0.05) is 183 Å². The molecule has 0 aliphatic carbocycles. The predicted octanol–water partition coefficient (Wildman–Crippen LogP) is 16.4. The molecule has 0 aromatic heterocycles. The number of benzene rings is 9. The van der Waals surface area contributed by atoms with Gasteiger partial charge in [0.1, 0.15) is 0 Å². The van der Waals surface area contributed by atoms with Gasteiger partial charge in [0.2, 0.25) is 0 Å². The number of para-hydroxylation sites is 2. The highest BCUT2D eigenvalue weighted by Crippen LogP contribution is 2.73. The lowest BCUT2D eigenvalue weighted by atomic mass is 9.33. The van der Waals surface area contributed by atoms with E-state index in [1.165, 1.54) is 81.0 Å². The van der Waals surface area contributed by atoms with Gasteiger partial charge in [0.15, 0.2) is 0 Å². The third kappa shape index (κ3) is 7.66. The first kappa shape index (κ1) is 44.8. The lowest BCUT2D eigenvalue weighted by molar-refractivity contribution is 0.590. The van der Waals surface area contributed by atoms with Crippen LogP contribution in [0.25, 0.3) is 11.1 Å². The monoisotopic (exact) mass is 900 g/mol. The summed E-state index contributed by atoms with van der Waals surface area (Å²) >= 11 is 0. The normalized spacial score (nSPS) is 13.1. The van der Waals surface area contributed by atoms with E-state index in [4.69, 9.17) is 0 Å². The molecule has 2 aliphatic rings. The number of nitrogens with zero attached hydrogens (tertiary/aromatic N) is 2. The minimum Gasteiger partial charge on any atom is -0.311 e. The third-order valence-corrected chi connectivity index (χ3v) is 17.6. The highest BCUT2D eigenvalue weighted by atomic mass is 32.3. The van der Waals surface area contributed by atoms with Gasteiger partial charge in [-0.05, 0) is 147 Å². The van der Waals surface area contributed by atoms with Gasteiger partial charge in [-0.15, -0.1) is 10.0 Å². The fourth-order valence-electron chi connectivity index (χ4n) is 10.4. The Bertz CT molecular complexity index is 2980. The Labute approximate surface area is 407 Å². The van der Waals surface area contributed by atoms with Gasteiger partial charge >= 0.3 is 0 Å². The number of fused-ring (bicyclic) bond motifs is 4. The van der Waals surface area contributed by atoms with E-state index in [1.54, 1.807) is 0 Å². The van der Waals surface area contributed by atoms with Crippen LogP contribution >= 0.6 is 10.0 Å². The zero-order valence-electron chi connectivity index (χ0n) is 40.7. The Hall–Kier alpha value is -7.01. The molecule has 11 rings (SSSR count). The molecular formula is C64H61BN2S. The summed E-state index contributed by atoms with van der Waals surface area (Å²) < 4.78 is 0. The summed E-state index contributed by atoms with van der Waals surface area (Å²) in [5.74, 6) is 0. The summed E-state index contributed by atoms with van der Waals surface area (Å²) in [4.78, 5) is 10.3. The smallest absolute Gasteiger partial charge is 0.252 e. The molecule has 0 bridgehead atoms. The molecule has 0 unspecified atom stereocenters. The van der Waals surface area contributed by atoms with Crippen molar-refractivity contribution in [2.75, 3.05) is 9.80 Å². The average Bonchev–Trinajstić information content (AvgIpc) is 3.37. The second-order valence-electron chi connectivity index (χ2n) is 19.8. The van der Waals surface area contributed by atoms with E-state index in [0.717, 1.165) is 11.4 Å². The second-order valence-corrected chi connectivity index (χ2v) is 22.9. The van der Waals surface area contributed by atoms with Crippen LogP contribution in [0.2, 0.25) is 0 Å². The minimum atomic E-state index is -1.91. The molecule has 336 valence electrons. The lowest BCUT2D eigenvalue weighted by Gasteiger charge is -2.44. The summed E-state index contributed by atoms with van der Waals surface area (Å²) in [6.45, 7) is 17.8. The van der Waals surface area contributed by atoms with Crippen LogP contribution in [0.5, 0.6) is 0 Å². The van der Waals surface area contributed by atoms with Crippen molar-refractivity contribution >= 4 is 67.3 Å². The summed E-state index contributed by atoms with van der Waals surface area (Å²) in [5.41, 5.74) is 16.2. The predicted molar refractivity (Wildman–Crippen MR) is 295 cm³/mol. The maximum Gasteiger partial charge on any atom is 0.252 e. The largest absolute Gasteiger partial charge is 0.311 e. The maximum absolute atomic E-state index is 2.53. The molecule has 2 heterocycles. The van der Waals surface area contributed by atoms with Crippen molar-refractivity contribution in [3.05, 3.63) is 236 Å². The Morgan fingerprint density at radius 3 is 1.10 bits per heavy atom. The zero-order chi connectivity index (χ0) is 47.2. The Morgan fingerprint density at radius 1 is 0.338 bits per heavy atom. The van der Waals surface area contributed by atoms with E-state index in [2.05, 4.69) is 276 Å². The molecule has 9 aromatic carbocycles. The van der Waals surface area contributed by atoms with Crippen molar-refractivity contribution in [1.82, 2.24) is 0 Å². The zero-order valence-corrected chi connectivity index (χ0v) is 41.6. The van der Waals surface area contributed by atoms with Gasteiger partial charge in [0.05, 0.1) is 0 Å². The van der Waals surface area contributed by atoms with Crippen LogP contribution in [-0.2, 0) is 10.8 Å². The third-order valence-electron chi connectivity index (χ3n) is 13.7.